The van der Waals surface area contributed by atoms with Crippen molar-refractivity contribution in [1.82, 2.24) is 30.2 Å². The second kappa shape index (κ2) is 8.25. The zero-order valence-electron chi connectivity index (χ0n) is 17.3. The number of aromatic nitrogens is 2. The van der Waals surface area contributed by atoms with Crippen LogP contribution >= 0.6 is 0 Å². The largest absolute Gasteiger partial charge is 0.480 e. The Balaban J connectivity index is 1.54. The van der Waals surface area contributed by atoms with Gasteiger partial charge in [-0.25, -0.2) is 22.7 Å². The van der Waals surface area contributed by atoms with Crippen molar-refractivity contribution in [2.45, 2.75) is 56.5 Å². The first-order valence-electron chi connectivity index (χ1n) is 10.3. The molecule has 0 aromatic carbocycles. The highest BCUT2D eigenvalue weighted by Crippen LogP contribution is 2.26. The van der Waals surface area contributed by atoms with Crippen LogP contribution in [0.3, 0.4) is 0 Å². The summed E-state index contributed by atoms with van der Waals surface area (Å²) in [6, 6.07) is 0.256. The Kier molecular flexibility index (Phi) is 5.84. The van der Waals surface area contributed by atoms with Gasteiger partial charge in [0.05, 0.1) is 19.6 Å². The van der Waals surface area contributed by atoms with E-state index in [1.807, 2.05) is 0 Å². The molecule has 4 rings (SSSR count). The summed E-state index contributed by atoms with van der Waals surface area (Å²) < 4.78 is 30.2. The van der Waals surface area contributed by atoms with Crippen LogP contribution in [0.1, 0.15) is 49.0 Å². The number of carbonyl (C=O) groups is 1. The van der Waals surface area contributed by atoms with Crippen LogP contribution in [-0.2, 0) is 10.0 Å². The summed E-state index contributed by atoms with van der Waals surface area (Å²) in [5, 5.41) is 13.3. The number of nitrogens with zero attached hydrogens (tertiary/aromatic N) is 3. The number of anilines is 1. The van der Waals surface area contributed by atoms with Crippen molar-refractivity contribution in [2.24, 2.45) is 0 Å². The Morgan fingerprint density at radius 1 is 1.13 bits per heavy atom. The molecule has 4 N–H and O–H groups in total. The van der Waals surface area contributed by atoms with Gasteiger partial charge in [0.15, 0.2) is 11.5 Å². The maximum atomic E-state index is 12.9. The highest BCUT2D eigenvalue weighted by atomic mass is 32.2. The predicted molar refractivity (Wildman–Crippen MR) is 110 cm³/mol. The van der Waals surface area contributed by atoms with Crippen molar-refractivity contribution in [1.29, 1.82) is 0 Å². The number of amides is 1. The number of carbonyl (C=O) groups excluding carboxylic acids is 1. The van der Waals surface area contributed by atoms with Gasteiger partial charge in [0, 0.05) is 25.2 Å². The number of fused-ring (bicyclic) bond motifs is 1. The normalized spacial score (nSPS) is 26.1. The second-order valence-electron chi connectivity index (χ2n) is 8.15. The minimum absolute atomic E-state index is 0.0115. The van der Waals surface area contributed by atoms with Gasteiger partial charge in [0.1, 0.15) is 0 Å². The second-order valence-corrected chi connectivity index (χ2v) is 10.1. The monoisotopic (exact) mass is 439 g/mol. The fourth-order valence-electron chi connectivity index (χ4n) is 4.36. The topological polar surface area (TPSA) is 138 Å². The number of nitrogens with one attached hydrogen (secondary N) is 4. The summed E-state index contributed by atoms with van der Waals surface area (Å²) in [6.07, 6.45) is 8.30. The van der Waals surface area contributed by atoms with Gasteiger partial charge in [-0.05, 0) is 25.7 Å². The van der Waals surface area contributed by atoms with Crippen molar-refractivity contribution in [2.75, 3.05) is 31.8 Å². The Labute approximate surface area is 176 Å². The van der Waals surface area contributed by atoms with E-state index in [9.17, 15) is 13.2 Å². The Bertz CT molecular complexity index is 898. The number of ether oxygens (including phenoxy) is 1. The number of sulfonamides is 1. The van der Waals surface area contributed by atoms with Gasteiger partial charge in [-0.2, -0.15) is 0 Å². The molecule has 30 heavy (non-hydrogen) atoms. The molecule has 0 spiro atoms. The van der Waals surface area contributed by atoms with E-state index in [0.29, 0.717) is 31.7 Å². The molecule has 1 atom stereocenters. The standard InChI is InChI=1S/C18H29N7O4S/c1-29-14-11-19-16-15(20-14)17(26)24-18(23-16,21-12-5-3-4-6-12)22-13-7-9-25(10-8-13)30(2,27)28/h11-13,21-22H,3-10H2,1-2H3,(H,19,23)(H,24,26). The lowest BCUT2D eigenvalue weighted by atomic mass is 10.1. The third-order valence-electron chi connectivity index (χ3n) is 5.90. The first-order valence-corrected chi connectivity index (χ1v) is 12.1. The molecule has 1 aliphatic carbocycles. The number of piperidine rings is 1. The molecule has 1 unspecified atom stereocenters. The zero-order valence-corrected chi connectivity index (χ0v) is 18.1. The Hall–Kier alpha value is -2.02. The zero-order chi connectivity index (χ0) is 21.4. The first-order chi connectivity index (χ1) is 14.3. The Morgan fingerprint density at radius 3 is 2.37 bits per heavy atom. The molecule has 1 saturated carbocycles. The summed E-state index contributed by atoms with van der Waals surface area (Å²) in [5.74, 6) is -0.809. The van der Waals surface area contributed by atoms with Crippen LogP contribution in [0.5, 0.6) is 5.88 Å². The lowest BCUT2D eigenvalue weighted by molar-refractivity contribution is 0.0795. The smallest absolute Gasteiger partial charge is 0.277 e. The van der Waals surface area contributed by atoms with Crippen LogP contribution in [0.25, 0.3) is 0 Å². The van der Waals surface area contributed by atoms with Crippen molar-refractivity contribution < 1.29 is 17.9 Å². The highest BCUT2D eigenvalue weighted by Gasteiger charge is 2.43. The summed E-state index contributed by atoms with van der Waals surface area (Å²) >= 11 is 0. The van der Waals surface area contributed by atoms with Gasteiger partial charge in [-0.1, -0.05) is 12.8 Å². The van der Waals surface area contributed by atoms with Crippen molar-refractivity contribution in [3.8, 4) is 5.88 Å². The number of hydrogen-bond donors (Lipinski definition) is 4. The first kappa shape index (κ1) is 21.2. The molecule has 1 saturated heterocycles. The van der Waals surface area contributed by atoms with Gasteiger partial charge in [0.2, 0.25) is 21.8 Å². The van der Waals surface area contributed by atoms with Crippen LogP contribution < -0.4 is 26.0 Å². The molecule has 3 aliphatic rings. The molecule has 11 nitrogen and oxygen atoms in total. The molecule has 1 aromatic rings. The average Bonchev–Trinajstić information content (AvgIpc) is 3.20. The van der Waals surface area contributed by atoms with Gasteiger partial charge in [0.25, 0.3) is 5.91 Å². The minimum atomic E-state index is -3.20. The van der Waals surface area contributed by atoms with Crippen LogP contribution in [0.15, 0.2) is 6.20 Å². The quantitative estimate of drug-likeness (QED) is 0.444. The summed E-state index contributed by atoms with van der Waals surface area (Å²) in [6.45, 7) is 0.884. The molecule has 0 radical (unpaired) electrons. The van der Waals surface area contributed by atoms with Crippen LogP contribution in [0.4, 0.5) is 5.82 Å². The van der Waals surface area contributed by atoms with E-state index < -0.39 is 15.9 Å². The molecular formula is C18H29N7O4S. The molecule has 166 valence electrons. The van der Waals surface area contributed by atoms with E-state index >= 15 is 0 Å². The number of methoxy groups -OCH3 is 1. The third-order valence-corrected chi connectivity index (χ3v) is 7.20. The van der Waals surface area contributed by atoms with E-state index in [4.69, 9.17) is 4.74 Å². The van der Waals surface area contributed by atoms with E-state index in [1.54, 1.807) is 0 Å². The van der Waals surface area contributed by atoms with Crippen LogP contribution in [0, 0.1) is 0 Å². The average molecular weight is 440 g/mol. The van der Waals surface area contributed by atoms with Crippen LogP contribution in [0.2, 0.25) is 0 Å². The van der Waals surface area contributed by atoms with E-state index in [-0.39, 0.29) is 29.6 Å². The fourth-order valence-corrected chi connectivity index (χ4v) is 5.23. The summed E-state index contributed by atoms with van der Waals surface area (Å²) in [7, 11) is -1.72. The van der Waals surface area contributed by atoms with Gasteiger partial charge in [-0.3, -0.25) is 15.4 Å². The maximum absolute atomic E-state index is 12.9. The minimum Gasteiger partial charge on any atom is -0.480 e. The maximum Gasteiger partial charge on any atom is 0.277 e. The number of hydrogen-bond acceptors (Lipinski definition) is 9. The molecule has 12 heteroatoms. The number of rotatable bonds is 6. The fraction of sp³-hybridized carbons (Fsp3) is 0.722. The molecule has 3 heterocycles. The molecule has 2 fully saturated rings. The van der Waals surface area contributed by atoms with E-state index in [1.165, 1.54) is 23.9 Å². The molecular weight excluding hydrogens is 410 g/mol. The van der Waals surface area contributed by atoms with Gasteiger partial charge < -0.3 is 15.4 Å². The van der Waals surface area contributed by atoms with Crippen LogP contribution in [-0.4, -0.2) is 73.0 Å². The van der Waals surface area contributed by atoms with Crippen molar-refractivity contribution >= 4 is 21.7 Å². The van der Waals surface area contributed by atoms with E-state index in [0.717, 1.165) is 25.7 Å². The Morgan fingerprint density at radius 2 is 1.77 bits per heavy atom. The van der Waals surface area contributed by atoms with Gasteiger partial charge >= 0.3 is 0 Å². The summed E-state index contributed by atoms with van der Waals surface area (Å²) in [5.41, 5.74) is 0.173. The predicted octanol–water partition coefficient (Wildman–Crippen LogP) is -0.202. The molecule has 0 bridgehead atoms. The highest BCUT2D eigenvalue weighted by molar-refractivity contribution is 7.88. The van der Waals surface area contributed by atoms with Gasteiger partial charge in [-0.15, -0.1) is 0 Å². The van der Waals surface area contributed by atoms with Crippen molar-refractivity contribution in [3.63, 3.8) is 0 Å². The molecule has 1 amide bonds. The SMILES string of the molecule is COc1cnc2c(n1)C(=O)NC(NC1CCCC1)(NC1CCN(S(C)(=O)=O)CC1)N2. The van der Waals surface area contributed by atoms with E-state index in [2.05, 4.69) is 31.2 Å². The molecule has 2 aliphatic heterocycles. The lowest BCUT2D eigenvalue weighted by Crippen LogP contribution is -2.77. The third kappa shape index (κ3) is 4.51. The molecule has 1 aromatic heterocycles. The summed E-state index contributed by atoms with van der Waals surface area (Å²) in [4.78, 5) is 21.4. The van der Waals surface area contributed by atoms with Crippen molar-refractivity contribution in [3.05, 3.63) is 11.9 Å². The lowest BCUT2D eigenvalue weighted by Gasteiger charge is -2.45.